The summed E-state index contributed by atoms with van der Waals surface area (Å²) in [5.74, 6) is 0.472. The summed E-state index contributed by atoms with van der Waals surface area (Å²) in [5, 5.41) is 11.5. The average Bonchev–Trinajstić information content (AvgIpc) is 3.11. The molecule has 0 aliphatic heterocycles. The number of nitrogen functional groups attached to an aromatic ring is 1. The molecule has 1 aromatic carbocycles. The van der Waals surface area contributed by atoms with Crippen LogP contribution >= 0.6 is 0 Å². The monoisotopic (exact) mass is 276 g/mol. The van der Waals surface area contributed by atoms with E-state index in [2.05, 4.69) is 20.3 Å². The fourth-order valence-electron chi connectivity index (χ4n) is 2.47. The van der Waals surface area contributed by atoms with E-state index in [1.807, 2.05) is 30.3 Å². The van der Waals surface area contributed by atoms with Gasteiger partial charge in [-0.3, -0.25) is 10.1 Å². The lowest BCUT2D eigenvalue weighted by atomic mass is 10.0. The lowest BCUT2D eigenvalue weighted by molar-refractivity contribution is 0.946. The molecule has 0 unspecified atom stereocenters. The van der Waals surface area contributed by atoms with Crippen LogP contribution in [0, 0.1) is 0 Å². The largest absolute Gasteiger partial charge is 0.382 e. The zero-order valence-electron chi connectivity index (χ0n) is 11.1. The van der Waals surface area contributed by atoms with Gasteiger partial charge in [-0.1, -0.05) is 30.3 Å². The Morgan fingerprint density at radius 1 is 1.10 bits per heavy atom. The predicted molar refractivity (Wildman–Crippen MR) is 80.4 cm³/mol. The van der Waals surface area contributed by atoms with Gasteiger partial charge in [-0.15, -0.1) is 0 Å². The van der Waals surface area contributed by atoms with E-state index < -0.39 is 0 Å². The Hall–Kier alpha value is -3.15. The first-order valence-electron chi connectivity index (χ1n) is 6.51. The zero-order chi connectivity index (χ0) is 14.2. The van der Waals surface area contributed by atoms with E-state index >= 15 is 0 Å². The molecule has 6 heteroatoms. The van der Waals surface area contributed by atoms with Crippen molar-refractivity contribution in [1.82, 2.24) is 24.8 Å². The summed E-state index contributed by atoms with van der Waals surface area (Å²) in [4.78, 5) is 4.15. The maximum Gasteiger partial charge on any atom is 0.153 e. The zero-order valence-corrected chi connectivity index (χ0v) is 11.1. The van der Waals surface area contributed by atoms with Gasteiger partial charge in [0.25, 0.3) is 0 Å². The van der Waals surface area contributed by atoms with Crippen LogP contribution in [-0.2, 0) is 0 Å². The maximum atomic E-state index is 6.04. The maximum absolute atomic E-state index is 6.04. The van der Waals surface area contributed by atoms with Gasteiger partial charge in [0.1, 0.15) is 0 Å². The second-order valence-electron chi connectivity index (χ2n) is 4.69. The molecule has 0 fully saturated rings. The SMILES string of the molecule is Nc1n[nH]c(-c2cnn3ccncc23)c1-c1ccccc1. The first-order valence-corrected chi connectivity index (χ1v) is 6.51. The number of aromatic amines is 1. The molecule has 3 aromatic heterocycles. The van der Waals surface area contributed by atoms with E-state index in [0.717, 1.165) is 27.9 Å². The Bertz CT molecular complexity index is 906. The number of anilines is 1. The quantitative estimate of drug-likeness (QED) is 0.588. The molecule has 102 valence electrons. The first-order chi connectivity index (χ1) is 10.3. The van der Waals surface area contributed by atoms with Crippen LogP contribution in [0.4, 0.5) is 5.82 Å². The van der Waals surface area contributed by atoms with Crippen molar-refractivity contribution in [2.45, 2.75) is 0 Å². The minimum absolute atomic E-state index is 0.472. The van der Waals surface area contributed by atoms with Crippen molar-refractivity contribution < 1.29 is 0 Å². The second-order valence-corrected chi connectivity index (χ2v) is 4.69. The summed E-state index contributed by atoms with van der Waals surface area (Å²) in [7, 11) is 0. The molecule has 3 heterocycles. The molecule has 0 amide bonds. The smallest absolute Gasteiger partial charge is 0.153 e. The van der Waals surface area contributed by atoms with Gasteiger partial charge in [0.2, 0.25) is 0 Å². The van der Waals surface area contributed by atoms with Crippen molar-refractivity contribution in [2.24, 2.45) is 0 Å². The minimum atomic E-state index is 0.472. The number of nitrogens with zero attached hydrogens (tertiary/aromatic N) is 4. The molecule has 3 N–H and O–H groups in total. The molecule has 4 aromatic rings. The number of nitrogens with two attached hydrogens (primary N) is 1. The van der Waals surface area contributed by atoms with E-state index in [9.17, 15) is 0 Å². The molecule has 0 radical (unpaired) electrons. The Labute approximate surface area is 120 Å². The first kappa shape index (κ1) is 11.7. The van der Waals surface area contributed by atoms with Gasteiger partial charge in [-0.25, -0.2) is 4.52 Å². The fraction of sp³-hybridized carbons (Fsp3) is 0. The second kappa shape index (κ2) is 4.45. The van der Waals surface area contributed by atoms with Crippen LogP contribution in [0.3, 0.4) is 0 Å². The Balaban J connectivity index is 1.98. The average molecular weight is 276 g/mol. The van der Waals surface area contributed by atoms with Gasteiger partial charge >= 0.3 is 0 Å². The van der Waals surface area contributed by atoms with E-state index in [1.165, 1.54) is 0 Å². The highest BCUT2D eigenvalue weighted by Crippen LogP contribution is 2.35. The van der Waals surface area contributed by atoms with Crippen molar-refractivity contribution in [1.29, 1.82) is 0 Å². The topological polar surface area (TPSA) is 84.9 Å². The van der Waals surface area contributed by atoms with Crippen LogP contribution in [-0.4, -0.2) is 24.8 Å². The van der Waals surface area contributed by atoms with Crippen LogP contribution in [0.25, 0.3) is 27.9 Å². The van der Waals surface area contributed by atoms with Crippen molar-refractivity contribution in [3.8, 4) is 22.4 Å². The van der Waals surface area contributed by atoms with Gasteiger partial charge < -0.3 is 5.73 Å². The molecular weight excluding hydrogens is 264 g/mol. The van der Waals surface area contributed by atoms with Crippen molar-refractivity contribution >= 4 is 11.3 Å². The number of benzene rings is 1. The van der Waals surface area contributed by atoms with Crippen LogP contribution in [0.1, 0.15) is 0 Å². The number of aromatic nitrogens is 5. The van der Waals surface area contributed by atoms with Gasteiger partial charge in [-0.05, 0) is 5.56 Å². The van der Waals surface area contributed by atoms with E-state index in [-0.39, 0.29) is 0 Å². The summed E-state index contributed by atoms with van der Waals surface area (Å²) >= 11 is 0. The summed E-state index contributed by atoms with van der Waals surface area (Å²) < 4.78 is 1.77. The molecular formula is C15H12N6. The summed E-state index contributed by atoms with van der Waals surface area (Å²) in [5.41, 5.74) is 10.6. The lowest BCUT2D eigenvalue weighted by Crippen LogP contribution is -1.89. The lowest BCUT2D eigenvalue weighted by Gasteiger charge is -2.03. The van der Waals surface area contributed by atoms with E-state index in [0.29, 0.717) is 5.82 Å². The Morgan fingerprint density at radius 2 is 1.95 bits per heavy atom. The standard InChI is InChI=1S/C15H12N6/c16-15-13(10-4-2-1-3-5-10)14(19-20-15)11-8-18-21-7-6-17-9-12(11)21/h1-9H,(H3,16,19,20). The number of H-pyrrole nitrogens is 1. The molecule has 0 saturated carbocycles. The fourth-order valence-corrected chi connectivity index (χ4v) is 2.47. The highest BCUT2D eigenvalue weighted by Gasteiger charge is 2.17. The Morgan fingerprint density at radius 3 is 2.81 bits per heavy atom. The van der Waals surface area contributed by atoms with Crippen LogP contribution in [0.15, 0.2) is 55.1 Å². The normalized spacial score (nSPS) is 11.0. The molecule has 0 bridgehead atoms. The molecule has 0 aliphatic rings. The van der Waals surface area contributed by atoms with Crippen LogP contribution in [0.5, 0.6) is 0 Å². The predicted octanol–water partition coefficient (Wildman–Crippen LogP) is 2.37. The van der Waals surface area contributed by atoms with Crippen molar-refractivity contribution in [2.75, 3.05) is 5.73 Å². The molecule has 0 atom stereocenters. The van der Waals surface area contributed by atoms with Gasteiger partial charge in [0.05, 0.1) is 29.2 Å². The van der Waals surface area contributed by atoms with Gasteiger partial charge in [0, 0.05) is 18.0 Å². The number of nitrogens with one attached hydrogen (secondary N) is 1. The highest BCUT2D eigenvalue weighted by atomic mass is 15.2. The number of hydrogen-bond donors (Lipinski definition) is 2. The number of fused-ring (bicyclic) bond motifs is 1. The van der Waals surface area contributed by atoms with Crippen molar-refractivity contribution in [3.05, 3.63) is 55.1 Å². The van der Waals surface area contributed by atoms with E-state index in [4.69, 9.17) is 5.73 Å². The highest BCUT2D eigenvalue weighted by molar-refractivity contribution is 5.92. The molecule has 0 saturated heterocycles. The van der Waals surface area contributed by atoms with Crippen molar-refractivity contribution in [3.63, 3.8) is 0 Å². The van der Waals surface area contributed by atoms with Crippen LogP contribution < -0.4 is 5.73 Å². The van der Waals surface area contributed by atoms with Gasteiger partial charge in [-0.2, -0.15) is 10.2 Å². The third-order valence-electron chi connectivity index (χ3n) is 3.45. The molecule has 4 rings (SSSR count). The summed E-state index contributed by atoms with van der Waals surface area (Å²) in [6, 6.07) is 9.94. The molecule has 0 spiro atoms. The summed E-state index contributed by atoms with van der Waals surface area (Å²) in [6.07, 6.45) is 7.06. The minimum Gasteiger partial charge on any atom is -0.382 e. The van der Waals surface area contributed by atoms with E-state index in [1.54, 1.807) is 29.3 Å². The number of hydrogen-bond acceptors (Lipinski definition) is 4. The van der Waals surface area contributed by atoms with Crippen LogP contribution in [0.2, 0.25) is 0 Å². The summed E-state index contributed by atoms with van der Waals surface area (Å²) in [6.45, 7) is 0. The molecule has 21 heavy (non-hydrogen) atoms. The molecule has 0 aliphatic carbocycles. The molecule has 6 nitrogen and oxygen atoms in total. The Kier molecular flexibility index (Phi) is 2.47. The number of rotatable bonds is 2. The van der Waals surface area contributed by atoms with Gasteiger partial charge in [0.15, 0.2) is 5.82 Å². The third kappa shape index (κ3) is 1.77. The third-order valence-corrected chi connectivity index (χ3v) is 3.45.